The summed E-state index contributed by atoms with van der Waals surface area (Å²) in [6.07, 6.45) is 2.30. The molecule has 0 aromatic heterocycles. The monoisotopic (exact) mass is 283 g/mol. The highest BCUT2D eigenvalue weighted by Gasteiger charge is 2.13. The summed E-state index contributed by atoms with van der Waals surface area (Å²) >= 11 is 0. The number of hydrogen-bond acceptors (Lipinski definition) is 2. The molecule has 0 saturated heterocycles. The van der Waals surface area contributed by atoms with Gasteiger partial charge in [0.05, 0.1) is 13.2 Å². The van der Waals surface area contributed by atoms with Crippen molar-refractivity contribution in [3.63, 3.8) is 0 Å². The molecule has 2 rings (SSSR count). The number of aryl methyl sites for hydroxylation is 1. The fourth-order valence-electron chi connectivity index (χ4n) is 2.67. The van der Waals surface area contributed by atoms with Gasteiger partial charge in [-0.15, -0.1) is 0 Å². The van der Waals surface area contributed by atoms with E-state index >= 15 is 0 Å². The highest BCUT2D eigenvalue weighted by molar-refractivity contribution is 5.38. The normalized spacial score (nSPS) is 12.1. The van der Waals surface area contributed by atoms with E-state index in [-0.39, 0.29) is 6.04 Å². The molecule has 112 valence electrons. The molecule has 0 radical (unpaired) electrons. The van der Waals surface area contributed by atoms with E-state index in [1.807, 2.05) is 6.07 Å². The number of hydrogen-bond donors (Lipinski definition) is 1. The molecular weight excluding hydrogens is 258 g/mol. The summed E-state index contributed by atoms with van der Waals surface area (Å²) < 4.78 is 5.35. The Morgan fingerprint density at radius 2 is 1.71 bits per heavy atom. The van der Waals surface area contributed by atoms with Crippen LogP contribution in [0.3, 0.4) is 0 Å². The van der Waals surface area contributed by atoms with Gasteiger partial charge in [-0.1, -0.05) is 56.7 Å². The van der Waals surface area contributed by atoms with E-state index in [1.165, 1.54) is 23.1 Å². The van der Waals surface area contributed by atoms with Crippen molar-refractivity contribution in [2.45, 2.75) is 32.7 Å². The van der Waals surface area contributed by atoms with E-state index in [0.717, 1.165) is 18.7 Å². The summed E-state index contributed by atoms with van der Waals surface area (Å²) in [5.41, 5.74) is 3.96. The van der Waals surface area contributed by atoms with E-state index in [1.54, 1.807) is 7.11 Å². The zero-order valence-electron chi connectivity index (χ0n) is 13.2. The average Bonchev–Trinajstić information content (AvgIpc) is 2.53. The molecule has 2 aromatic carbocycles. The standard InChI is InChI=1S/C19H25NO/c1-4-8-15-9-6-10-16(13-15)19(20-5-2)17-11-7-12-18(14-17)21-3/h6-7,9-14,19-20H,4-5,8H2,1-3H3. The molecule has 1 unspecified atom stereocenters. The molecule has 0 saturated carbocycles. The van der Waals surface area contributed by atoms with Crippen LogP contribution in [-0.4, -0.2) is 13.7 Å². The summed E-state index contributed by atoms with van der Waals surface area (Å²) in [6, 6.07) is 17.4. The number of methoxy groups -OCH3 is 1. The Balaban J connectivity index is 2.35. The van der Waals surface area contributed by atoms with Crippen LogP contribution in [0.5, 0.6) is 5.75 Å². The molecule has 0 amide bonds. The predicted octanol–water partition coefficient (Wildman–Crippen LogP) is 4.35. The van der Waals surface area contributed by atoms with Crippen molar-refractivity contribution >= 4 is 0 Å². The van der Waals surface area contributed by atoms with Gasteiger partial charge >= 0.3 is 0 Å². The average molecular weight is 283 g/mol. The smallest absolute Gasteiger partial charge is 0.119 e. The van der Waals surface area contributed by atoms with Gasteiger partial charge in [0.1, 0.15) is 5.75 Å². The molecule has 2 aromatic rings. The van der Waals surface area contributed by atoms with Crippen LogP contribution in [0.1, 0.15) is 43.0 Å². The summed E-state index contributed by atoms with van der Waals surface area (Å²) in [4.78, 5) is 0. The Bertz CT molecular complexity index is 565. The fourth-order valence-corrected chi connectivity index (χ4v) is 2.67. The summed E-state index contributed by atoms with van der Waals surface area (Å²) in [5, 5.41) is 3.58. The predicted molar refractivity (Wildman–Crippen MR) is 89.0 cm³/mol. The van der Waals surface area contributed by atoms with Gasteiger partial charge in [-0.3, -0.25) is 0 Å². The lowest BCUT2D eigenvalue weighted by Gasteiger charge is -2.20. The highest BCUT2D eigenvalue weighted by Crippen LogP contribution is 2.26. The van der Waals surface area contributed by atoms with Crippen molar-refractivity contribution in [2.24, 2.45) is 0 Å². The topological polar surface area (TPSA) is 21.3 Å². The van der Waals surface area contributed by atoms with Gasteiger partial charge in [-0.25, -0.2) is 0 Å². The van der Waals surface area contributed by atoms with E-state index in [0.29, 0.717) is 0 Å². The number of ether oxygens (including phenoxy) is 1. The Morgan fingerprint density at radius 3 is 2.38 bits per heavy atom. The first-order valence-electron chi connectivity index (χ1n) is 7.74. The van der Waals surface area contributed by atoms with Gasteiger partial charge in [0.15, 0.2) is 0 Å². The van der Waals surface area contributed by atoms with E-state index < -0.39 is 0 Å². The molecule has 0 fully saturated rings. The van der Waals surface area contributed by atoms with Gasteiger partial charge in [-0.2, -0.15) is 0 Å². The van der Waals surface area contributed by atoms with E-state index in [4.69, 9.17) is 4.74 Å². The molecule has 1 atom stereocenters. The fraction of sp³-hybridized carbons (Fsp3) is 0.368. The lowest BCUT2D eigenvalue weighted by atomic mass is 9.96. The molecule has 0 aliphatic heterocycles. The summed E-state index contributed by atoms with van der Waals surface area (Å²) in [5.74, 6) is 0.903. The molecule has 0 heterocycles. The van der Waals surface area contributed by atoms with Crippen molar-refractivity contribution in [1.82, 2.24) is 5.32 Å². The van der Waals surface area contributed by atoms with Crippen molar-refractivity contribution in [1.29, 1.82) is 0 Å². The minimum absolute atomic E-state index is 0.210. The van der Waals surface area contributed by atoms with Gasteiger partial charge in [0.25, 0.3) is 0 Å². The van der Waals surface area contributed by atoms with Crippen LogP contribution >= 0.6 is 0 Å². The summed E-state index contributed by atoms with van der Waals surface area (Å²) in [6.45, 7) is 5.29. The highest BCUT2D eigenvalue weighted by atomic mass is 16.5. The minimum atomic E-state index is 0.210. The molecule has 0 aliphatic rings. The lowest BCUT2D eigenvalue weighted by molar-refractivity contribution is 0.413. The second kappa shape index (κ2) is 7.84. The molecular formula is C19H25NO. The van der Waals surface area contributed by atoms with Crippen molar-refractivity contribution in [2.75, 3.05) is 13.7 Å². The Labute approximate surface area is 128 Å². The lowest BCUT2D eigenvalue weighted by Crippen LogP contribution is -2.22. The van der Waals surface area contributed by atoms with Crippen LogP contribution in [0.4, 0.5) is 0 Å². The number of nitrogens with one attached hydrogen (secondary N) is 1. The first-order chi connectivity index (χ1) is 10.3. The quantitative estimate of drug-likeness (QED) is 0.816. The molecule has 2 nitrogen and oxygen atoms in total. The molecule has 21 heavy (non-hydrogen) atoms. The summed E-state index contributed by atoms with van der Waals surface area (Å²) in [7, 11) is 1.71. The first kappa shape index (κ1) is 15.6. The third kappa shape index (κ3) is 4.08. The van der Waals surface area contributed by atoms with Gasteiger partial charge in [0.2, 0.25) is 0 Å². The first-order valence-corrected chi connectivity index (χ1v) is 7.74. The van der Waals surface area contributed by atoms with E-state index in [9.17, 15) is 0 Å². The van der Waals surface area contributed by atoms with Crippen molar-refractivity contribution in [3.8, 4) is 5.75 Å². The molecule has 0 aliphatic carbocycles. The Hall–Kier alpha value is -1.80. The van der Waals surface area contributed by atoms with Crippen LogP contribution in [0.15, 0.2) is 48.5 Å². The largest absolute Gasteiger partial charge is 0.497 e. The van der Waals surface area contributed by atoms with Gasteiger partial charge in [0, 0.05) is 0 Å². The third-order valence-corrected chi connectivity index (χ3v) is 3.66. The Morgan fingerprint density at radius 1 is 1.00 bits per heavy atom. The Kier molecular flexibility index (Phi) is 5.82. The van der Waals surface area contributed by atoms with Crippen LogP contribution in [0, 0.1) is 0 Å². The van der Waals surface area contributed by atoms with Gasteiger partial charge in [-0.05, 0) is 41.8 Å². The maximum absolute atomic E-state index is 5.35. The van der Waals surface area contributed by atoms with Crippen molar-refractivity contribution in [3.05, 3.63) is 65.2 Å². The van der Waals surface area contributed by atoms with E-state index in [2.05, 4.69) is 61.6 Å². The van der Waals surface area contributed by atoms with Crippen molar-refractivity contribution < 1.29 is 4.74 Å². The number of benzene rings is 2. The van der Waals surface area contributed by atoms with Crippen LogP contribution in [0.2, 0.25) is 0 Å². The minimum Gasteiger partial charge on any atom is -0.497 e. The maximum Gasteiger partial charge on any atom is 0.119 e. The second-order valence-electron chi connectivity index (χ2n) is 5.26. The zero-order chi connectivity index (χ0) is 15.1. The molecule has 0 bridgehead atoms. The van der Waals surface area contributed by atoms with Crippen LogP contribution in [-0.2, 0) is 6.42 Å². The third-order valence-electron chi connectivity index (χ3n) is 3.66. The number of rotatable bonds is 7. The second-order valence-corrected chi connectivity index (χ2v) is 5.26. The van der Waals surface area contributed by atoms with Crippen LogP contribution in [0.25, 0.3) is 0 Å². The zero-order valence-corrected chi connectivity index (χ0v) is 13.2. The SMILES string of the molecule is CCCc1cccc(C(NCC)c2cccc(OC)c2)c1. The molecule has 1 N–H and O–H groups in total. The molecule has 0 spiro atoms. The van der Waals surface area contributed by atoms with Crippen LogP contribution < -0.4 is 10.1 Å². The molecule has 2 heteroatoms. The maximum atomic E-state index is 5.35. The van der Waals surface area contributed by atoms with Gasteiger partial charge < -0.3 is 10.1 Å².